The Morgan fingerprint density at radius 2 is 2.05 bits per heavy atom. The Labute approximate surface area is 126 Å². The molecule has 0 bridgehead atoms. The molecule has 21 heavy (non-hydrogen) atoms. The molecule has 0 spiro atoms. The molecule has 3 heteroatoms. The van der Waals surface area contributed by atoms with Gasteiger partial charge in [0.1, 0.15) is 11.9 Å². The van der Waals surface area contributed by atoms with Gasteiger partial charge in [0.05, 0.1) is 11.1 Å². The van der Waals surface area contributed by atoms with Crippen molar-refractivity contribution in [2.75, 3.05) is 18.0 Å². The van der Waals surface area contributed by atoms with Crippen LogP contribution in [0.4, 0.5) is 5.82 Å². The molecule has 2 aromatic rings. The van der Waals surface area contributed by atoms with E-state index in [0.29, 0.717) is 16.9 Å². The Hall–Kier alpha value is -2.08. The summed E-state index contributed by atoms with van der Waals surface area (Å²) in [5.41, 5.74) is 1.95. The SMILES string of the molecule is CC(C)(C)C1CCN(c2nc3ccccc3cc2C#N)C1. The van der Waals surface area contributed by atoms with Crippen LogP contribution in [0.3, 0.4) is 0 Å². The van der Waals surface area contributed by atoms with Crippen molar-refractivity contribution in [2.24, 2.45) is 11.3 Å². The Kier molecular flexibility index (Phi) is 3.33. The van der Waals surface area contributed by atoms with Crippen molar-refractivity contribution < 1.29 is 0 Å². The van der Waals surface area contributed by atoms with E-state index in [1.165, 1.54) is 6.42 Å². The topological polar surface area (TPSA) is 39.9 Å². The molecule has 0 saturated carbocycles. The summed E-state index contributed by atoms with van der Waals surface area (Å²) in [5.74, 6) is 1.50. The average Bonchev–Trinajstić information content (AvgIpc) is 2.95. The van der Waals surface area contributed by atoms with Gasteiger partial charge in [0.2, 0.25) is 0 Å². The Morgan fingerprint density at radius 3 is 2.71 bits per heavy atom. The van der Waals surface area contributed by atoms with Crippen molar-refractivity contribution in [2.45, 2.75) is 27.2 Å². The van der Waals surface area contributed by atoms with E-state index in [1.807, 2.05) is 30.3 Å². The Morgan fingerprint density at radius 1 is 1.29 bits per heavy atom. The fourth-order valence-corrected chi connectivity index (χ4v) is 3.09. The van der Waals surface area contributed by atoms with E-state index in [4.69, 9.17) is 4.98 Å². The molecule has 0 amide bonds. The highest BCUT2D eigenvalue weighted by Gasteiger charge is 2.33. The van der Waals surface area contributed by atoms with Gasteiger partial charge < -0.3 is 4.90 Å². The van der Waals surface area contributed by atoms with E-state index in [0.717, 1.165) is 29.8 Å². The lowest BCUT2D eigenvalue weighted by Gasteiger charge is -2.27. The zero-order valence-electron chi connectivity index (χ0n) is 12.9. The van der Waals surface area contributed by atoms with Crippen molar-refractivity contribution in [3.05, 3.63) is 35.9 Å². The number of hydrogen-bond donors (Lipinski definition) is 0. The molecule has 1 aromatic heterocycles. The second-order valence-corrected chi connectivity index (χ2v) is 6.96. The number of hydrogen-bond acceptors (Lipinski definition) is 3. The van der Waals surface area contributed by atoms with Crippen LogP contribution in [0.2, 0.25) is 0 Å². The highest BCUT2D eigenvalue weighted by atomic mass is 15.2. The molecule has 1 aromatic carbocycles. The van der Waals surface area contributed by atoms with Crippen molar-refractivity contribution in [3.63, 3.8) is 0 Å². The minimum atomic E-state index is 0.304. The molecule has 1 saturated heterocycles. The summed E-state index contributed by atoms with van der Waals surface area (Å²) < 4.78 is 0. The number of nitrogens with zero attached hydrogens (tertiary/aromatic N) is 3. The van der Waals surface area contributed by atoms with Gasteiger partial charge >= 0.3 is 0 Å². The van der Waals surface area contributed by atoms with Crippen LogP contribution in [0.15, 0.2) is 30.3 Å². The average molecular weight is 279 g/mol. The quantitative estimate of drug-likeness (QED) is 0.792. The van der Waals surface area contributed by atoms with Crippen molar-refractivity contribution in [3.8, 4) is 6.07 Å². The van der Waals surface area contributed by atoms with Gasteiger partial charge in [-0.15, -0.1) is 0 Å². The fraction of sp³-hybridized carbons (Fsp3) is 0.444. The molecular weight excluding hydrogens is 258 g/mol. The van der Waals surface area contributed by atoms with E-state index in [9.17, 15) is 5.26 Å². The van der Waals surface area contributed by atoms with Crippen LogP contribution in [0.5, 0.6) is 0 Å². The maximum atomic E-state index is 9.45. The Balaban J connectivity index is 1.99. The molecule has 1 unspecified atom stereocenters. The predicted octanol–water partition coefficient (Wildman–Crippen LogP) is 3.98. The normalized spacial score (nSPS) is 19.0. The predicted molar refractivity (Wildman–Crippen MR) is 86.2 cm³/mol. The van der Waals surface area contributed by atoms with E-state index < -0.39 is 0 Å². The lowest BCUT2D eigenvalue weighted by molar-refractivity contribution is 0.263. The third-order valence-corrected chi connectivity index (χ3v) is 4.54. The molecule has 1 aliphatic rings. The maximum absolute atomic E-state index is 9.45. The molecule has 1 atom stereocenters. The fourth-order valence-electron chi connectivity index (χ4n) is 3.09. The van der Waals surface area contributed by atoms with Crippen LogP contribution < -0.4 is 4.90 Å². The van der Waals surface area contributed by atoms with Crippen LogP contribution in [0, 0.1) is 22.7 Å². The molecule has 3 nitrogen and oxygen atoms in total. The monoisotopic (exact) mass is 279 g/mol. The second-order valence-electron chi connectivity index (χ2n) is 6.96. The van der Waals surface area contributed by atoms with Crippen LogP contribution in [-0.4, -0.2) is 18.1 Å². The van der Waals surface area contributed by atoms with E-state index in [2.05, 4.69) is 31.7 Å². The summed E-state index contributed by atoms with van der Waals surface area (Å²) in [6.45, 7) is 8.85. The maximum Gasteiger partial charge on any atom is 0.147 e. The number of para-hydroxylation sites is 1. The molecular formula is C18H21N3. The third kappa shape index (κ3) is 2.58. The minimum absolute atomic E-state index is 0.304. The number of pyridine rings is 1. The summed E-state index contributed by atoms with van der Waals surface area (Å²) in [4.78, 5) is 7.03. The molecule has 0 aliphatic carbocycles. The van der Waals surface area contributed by atoms with Gasteiger partial charge in [0, 0.05) is 18.5 Å². The van der Waals surface area contributed by atoms with E-state index in [1.54, 1.807) is 0 Å². The first-order valence-electron chi connectivity index (χ1n) is 7.54. The van der Waals surface area contributed by atoms with Crippen molar-refractivity contribution in [1.82, 2.24) is 4.98 Å². The molecule has 3 rings (SSSR count). The lowest BCUT2D eigenvalue weighted by atomic mass is 9.80. The molecule has 2 heterocycles. The number of aromatic nitrogens is 1. The summed E-state index contributed by atoms with van der Waals surface area (Å²) >= 11 is 0. The summed E-state index contributed by atoms with van der Waals surface area (Å²) in [5, 5.41) is 10.5. The lowest BCUT2D eigenvalue weighted by Crippen LogP contribution is -2.26. The number of anilines is 1. The van der Waals surface area contributed by atoms with Gasteiger partial charge in [-0.25, -0.2) is 4.98 Å². The van der Waals surface area contributed by atoms with Gasteiger partial charge in [0.25, 0.3) is 0 Å². The first-order valence-corrected chi connectivity index (χ1v) is 7.54. The van der Waals surface area contributed by atoms with Crippen molar-refractivity contribution in [1.29, 1.82) is 5.26 Å². The zero-order valence-corrected chi connectivity index (χ0v) is 12.9. The van der Waals surface area contributed by atoms with E-state index >= 15 is 0 Å². The van der Waals surface area contributed by atoms with Crippen LogP contribution in [-0.2, 0) is 0 Å². The zero-order chi connectivity index (χ0) is 15.0. The number of nitriles is 1. The molecule has 0 radical (unpaired) electrons. The van der Waals surface area contributed by atoms with Crippen LogP contribution in [0.1, 0.15) is 32.8 Å². The van der Waals surface area contributed by atoms with Gasteiger partial charge in [-0.2, -0.15) is 5.26 Å². The number of rotatable bonds is 1. The van der Waals surface area contributed by atoms with Gasteiger partial charge in [-0.05, 0) is 29.9 Å². The minimum Gasteiger partial charge on any atom is -0.355 e. The molecule has 0 N–H and O–H groups in total. The standard InChI is InChI=1S/C18H21N3/c1-18(2,3)15-8-9-21(12-15)17-14(11-19)10-13-6-4-5-7-16(13)20-17/h4-7,10,15H,8-9,12H2,1-3H3. The van der Waals surface area contributed by atoms with E-state index in [-0.39, 0.29) is 0 Å². The number of fused-ring (bicyclic) bond motifs is 1. The van der Waals surface area contributed by atoms with Gasteiger partial charge in [0.15, 0.2) is 0 Å². The smallest absolute Gasteiger partial charge is 0.147 e. The Bertz CT molecular complexity index is 706. The summed E-state index contributed by atoms with van der Waals surface area (Å²) in [6, 6.07) is 12.3. The van der Waals surface area contributed by atoms with Gasteiger partial charge in [-0.1, -0.05) is 39.0 Å². The molecule has 108 valence electrons. The highest BCUT2D eigenvalue weighted by molar-refractivity contribution is 5.83. The molecule has 1 fully saturated rings. The van der Waals surface area contributed by atoms with Crippen molar-refractivity contribution >= 4 is 16.7 Å². The van der Waals surface area contributed by atoms with Crippen LogP contribution >= 0.6 is 0 Å². The highest BCUT2D eigenvalue weighted by Crippen LogP contribution is 2.36. The molecule has 1 aliphatic heterocycles. The summed E-state index contributed by atoms with van der Waals surface area (Å²) in [6.07, 6.45) is 1.17. The third-order valence-electron chi connectivity index (χ3n) is 4.54. The second kappa shape index (κ2) is 5.04. The number of benzene rings is 1. The first kappa shape index (κ1) is 13.9. The summed E-state index contributed by atoms with van der Waals surface area (Å²) in [7, 11) is 0. The largest absolute Gasteiger partial charge is 0.355 e. The first-order chi connectivity index (χ1) is 9.99. The van der Waals surface area contributed by atoms with Gasteiger partial charge in [-0.3, -0.25) is 0 Å². The van der Waals surface area contributed by atoms with Crippen LogP contribution in [0.25, 0.3) is 10.9 Å².